The second-order valence-electron chi connectivity index (χ2n) is 7.76. The van der Waals surface area contributed by atoms with Crippen LogP contribution in [-0.4, -0.2) is 67.1 Å². The van der Waals surface area contributed by atoms with E-state index in [4.69, 9.17) is 4.74 Å². The van der Waals surface area contributed by atoms with E-state index >= 15 is 0 Å². The van der Waals surface area contributed by atoms with Crippen molar-refractivity contribution in [2.24, 2.45) is 0 Å². The molecule has 2 rings (SSSR count). The van der Waals surface area contributed by atoms with Gasteiger partial charge in [-0.05, 0) is 39.0 Å². The molecule has 1 heterocycles. The summed E-state index contributed by atoms with van der Waals surface area (Å²) < 4.78 is 18.8. The molecule has 1 saturated heterocycles. The summed E-state index contributed by atoms with van der Waals surface area (Å²) in [5.74, 6) is 0.0645. The van der Waals surface area contributed by atoms with Crippen LogP contribution in [0.3, 0.4) is 0 Å². The monoisotopic (exact) mass is 380 g/mol. The number of hydrogen-bond acceptors (Lipinski definition) is 5. The van der Waals surface area contributed by atoms with Crippen molar-refractivity contribution in [2.45, 2.75) is 32.9 Å². The number of imide groups is 1. The quantitative estimate of drug-likeness (QED) is 0.811. The molecule has 1 aliphatic heterocycles. The summed E-state index contributed by atoms with van der Waals surface area (Å²) in [7, 11) is 1.57. The van der Waals surface area contributed by atoms with Gasteiger partial charge in [-0.15, -0.1) is 0 Å². The minimum Gasteiger partial charge on any atom is -0.496 e. The number of rotatable bonds is 5. The number of nitrogens with zero attached hydrogens (tertiary/aromatic N) is 2. The third kappa shape index (κ3) is 7.15. The highest BCUT2D eigenvalue weighted by Gasteiger charge is 2.22. The number of carbonyl (C=O) groups is 2. The lowest BCUT2D eigenvalue weighted by Crippen LogP contribution is -2.52. The van der Waals surface area contributed by atoms with E-state index in [0.29, 0.717) is 25.4 Å². The molecule has 1 aliphatic rings. The lowest BCUT2D eigenvalue weighted by atomic mass is 10.1. The lowest BCUT2D eigenvalue weighted by Gasteiger charge is -2.34. The van der Waals surface area contributed by atoms with E-state index in [9.17, 15) is 14.0 Å². The minimum atomic E-state index is -0.482. The number of ether oxygens (including phenoxy) is 1. The van der Waals surface area contributed by atoms with Gasteiger partial charge in [0.15, 0.2) is 0 Å². The average Bonchev–Trinajstić information content (AvgIpc) is 2.55. The third-order valence-corrected chi connectivity index (χ3v) is 4.21. The first-order valence-electron chi connectivity index (χ1n) is 9.05. The minimum absolute atomic E-state index is 0.175. The molecule has 27 heavy (non-hydrogen) atoms. The summed E-state index contributed by atoms with van der Waals surface area (Å²) in [6, 6.07) is 4.03. The zero-order valence-corrected chi connectivity index (χ0v) is 16.5. The Labute approximate surface area is 159 Å². The molecular formula is C19H29FN4O3. The van der Waals surface area contributed by atoms with Gasteiger partial charge in [0.2, 0.25) is 5.91 Å². The van der Waals surface area contributed by atoms with Gasteiger partial charge in [0, 0.05) is 43.8 Å². The molecule has 0 bridgehead atoms. The molecule has 0 saturated carbocycles. The Bertz CT molecular complexity index is 667. The van der Waals surface area contributed by atoms with Crippen LogP contribution in [0.5, 0.6) is 5.75 Å². The highest BCUT2D eigenvalue weighted by atomic mass is 19.1. The summed E-state index contributed by atoms with van der Waals surface area (Å²) in [6.45, 7) is 9.22. The molecule has 1 aromatic rings. The van der Waals surface area contributed by atoms with E-state index in [0.717, 1.165) is 18.7 Å². The van der Waals surface area contributed by atoms with Crippen LogP contribution in [-0.2, 0) is 11.3 Å². The normalized spacial score (nSPS) is 16.0. The van der Waals surface area contributed by atoms with Crippen molar-refractivity contribution in [1.82, 2.24) is 20.4 Å². The fourth-order valence-corrected chi connectivity index (χ4v) is 2.96. The van der Waals surface area contributed by atoms with Gasteiger partial charge < -0.3 is 10.1 Å². The molecule has 0 radical (unpaired) electrons. The van der Waals surface area contributed by atoms with Gasteiger partial charge in [-0.1, -0.05) is 0 Å². The molecule has 0 aliphatic carbocycles. The van der Waals surface area contributed by atoms with Crippen molar-refractivity contribution in [1.29, 1.82) is 0 Å². The number of methoxy groups -OCH3 is 1. The largest absolute Gasteiger partial charge is 0.496 e. The summed E-state index contributed by atoms with van der Waals surface area (Å²) in [4.78, 5) is 27.9. The number of carbonyl (C=O) groups excluding carboxylic acids is 2. The van der Waals surface area contributed by atoms with Crippen molar-refractivity contribution >= 4 is 11.9 Å². The van der Waals surface area contributed by atoms with Gasteiger partial charge in [0.25, 0.3) is 0 Å². The van der Waals surface area contributed by atoms with Gasteiger partial charge in [-0.25, -0.2) is 9.18 Å². The van der Waals surface area contributed by atoms with E-state index in [1.807, 2.05) is 25.7 Å². The van der Waals surface area contributed by atoms with Crippen LogP contribution in [0.15, 0.2) is 18.2 Å². The predicted molar refractivity (Wildman–Crippen MR) is 101 cm³/mol. The molecule has 7 nitrogen and oxygen atoms in total. The van der Waals surface area contributed by atoms with E-state index in [1.54, 1.807) is 13.2 Å². The molecule has 0 unspecified atom stereocenters. The molecule has 1 aromatic carbocycles. The maximum atomic E-state index is 13.5. The topological polar surface area (TPSA) is 73.9 Å². The van der Waals surface area contributed by atoms with Crippen LogP contribution in [0.25, 0.3) is 0 Å². The molecule has 0 atom stereocenters. The number of nitrogens with one attached hydrogen (secondary N) is 2. The summed E-state index contributed by atoms with van der Waals surface area (Å²) in [5, 5.41) is 5.05. The summed E-state index contributed by atoms with van der Waals surface area (Å²) in [6.07, 6.45) is 0. The number of hydrogen-bond donors (Lipinski definition) is 2. The van der Waals surface area contributed by atoms with Crippen molar-refractivity contribution < 1.29 is 18.7 Å². The second-order valence-corrected chi connectivity index (χ2v) is 7.76. The molecule has 8 heteroatoms. The van der Waals surface area contributed by atoms with Gasteiger partial charge in [0.05, 0.1) is 13.7 Å². The van der Waals surface area contributed by atoms with Crippen molar-refractivity contribution in [3.05, 3.63) is 29.6 Å². The van der Waals surface area contributed by atoms with Crippen molar-refractivity contribution in [3.63, 3.8) is 0 Å². The maximum absolute atomic E-state index is 13.5. The molecule has 3 amide bonds. The van der Waals surface area contributed by atoms with Crippen LogP contribution in [0, 0.1) is 5.82 Å². The van der Waals surface area contributed by atoms with E-state index in [2.05, 4.69) is 15.5 Å². The molecule has 150 valence electrons. The van der Waals surface area contributed by atoms with Crippen LogP contribution in [0.1, 0.15) is 26.3 Å². The Hall–Kier alpha value is -2.19. The first-order chi connectivity index (χ1) is 12.7. The highest BCUT2D eigenvalue weighted by Crippen LogP contribution is 2.21. The molecule has 0 spiro atoms. The predicted octanol–water partition coefficient (Wildman–Crippen LogP) is 1.58. The van der Waals surface area contributed by atoms with Crippen LogP contribution >= 0.6 is 0 Å². The smallest absolute Gasteiger partial charge is 0.321 e. The Morgan fingerprint density at radius 2 is 1.78 bits per heavy atom. The van der Waals surface area contributed by atoms with Gasteiger partial charge in [-0.3, -0.25) is 19.9 Å². The van der Waals surface area contributed by atoms with E-state index < -0.39 is 11.6 Å². The first kappa shape index (κ1) is 21.1. The average molecular weight is 380 g/mol. The van der Waals surface area contributed by atoms with Gasteiger partial charge in [0.1, 0.15) is 11.6 Å². The number of piperazine rings is 1. The Balaban J connectivity index is 1.78. The van der Waals surface area contributed by atoms with Crippen molar-refractivity contribution in [3.8, 4) is 5.75 Å². The van der Waals surface area contributed by atoms with Crippen LogP contribution < -0.4 is 15.4 Å². The Morgan fingerprint density at radius 3 is 2.37 bits per heavy atom. The zero-order chi connectivity index (χ0) is 20.0. The summed E-state index contributed by atoms with van der Waals surface area (Å²) >= 11 is 0. The van der Waals surface area contributed by atoms with Crippen molar-refractivity contribution in [2.75, 3.05) is 39.8 Å². The SMILES string of the molecule is COc1ccc(F)cc1CN1CCN(CC(=O)NC(=O)NC(C)(C)C)CC1. The van der Waals surface area contributed by atoms with Crippen LogP contribution in [0.4, 0.5) is 9.18 Å². The standard InChI is InChI=1S/C19H29FN4O3/c1-19(2,3)22-18(26)21-17(25)13-24-9-7-23(8-10-24)12-14-11-15(20)5-6-16(14)27-4/h5-6,11H,7-10,12-13H2,1-4H3,(H2,21,22,25,26). The van der Waals surface area contributed by atoms with E-state index in [1.165, 1.54) is 12.1 Å². The fourth-order valence-electron chi connectivity index (χ4n) is 2.96. The molecule has 2 N–H and O–H groups in total. The second kappa shape index (κ2) is 9.14. The van der Waals surface area contributed by atoms with Crippen LogP contribution in [0.2, 0.25) is 0 Å². The number of halogens is 1. The number of amides is 3. The molecular weight excluding hydrogens is 351 g/mol. The Morgan fingerprint density at radius 1 is 1.15 bits per heavy atom. The Kier molecular flexibility index (Phi) is 7.15. The first-order valence-corrected chi connectivity index (χ1v) is 9.05. The third-order valence-electron chi connectivity index (χ3n) is 4.21. The van der Waals surface area contributed by atoms with Gasteiger partial charge in [-0.2, -0.15) is 0 Å². The molecule has 0 aromatic heterocycles. The molecule has 1 fully saturated rings. The number of benzene rings is 1. The summed E-state index contributed by atoms with van der Waals surface area (Å²) in [5.41, 5.74) is 0.413. The lowest BCUT2D eigenvalue weighted by molar-refractivity contribution is -0.121. The maximum Gasteiger partial charge on any atom is 0.321 e. The fraction of sp³-hybridized carbons (Fsp3) is 0.579. The zero-order valence-electron chi connectivity index (χ0n) is 16.5. The van der Waals surface area contributed by atoms with E-state index in [-0.39, 0.29) is 18.3 Å². The van der Waals surface area contributed by atoms with Gasteiger partial charge >= 0.3 is 6.03 Å². The number of urea groups is 1. The highest BCUT2D eigenvalue weighted by molar-refractivity contribution is 5.95.